The van der Waals surface area contributed by atoms with Crippen molar-refractivity contribution >= 4 is 17.3 Å². The fourth-order valence-electron chi connectivity index (χ4n) is 4.27. The molecule has 0 unspecified atom stereocenters. The van der Waals surface area contributed by atoms with Crippen LogP contribution in [0.4, 0.5) is 0 Å². The first-order chi connectivity index (χ1) is 13.4. The Morgan fingerprint density at radius 1 is 1.04 bits per heavy atom. The molecule has 1 aliphatic heterocycles. The van der Waals surface area contributed by atoms with Gasteiger partial charge in [-0.2, -0.15) is 0 Å². The second-order valence-electron chi connectivity index (χ2n) is 7.69. The molecular weight excluding hydrogens is 364 g/mol. The first-order valence-corrected chi connectivity index (χ1v) is 10.00. The SMILES string of the molecule is Cc1ccc(C)c(-n2c(C)cc([C@H]3[C@H](c4ccccn4)NC(=S)N3C)c2C)c1. The maximum absolute atomic E-state index is 5.59. The van der Waals surface area contributed by atoms with Gasteiger partial charge in [0.25, 0.3) is 0 Å². The Kier molecular flexibility index (Phi) is 4.71. The predicted octanol–water partition coefficient (Wildman–Crippen LogP) is 4.71. The molecule has 4 rings (SSSR count). The van der Waals surface area contributed by atoms with E-state index >= 15 is 0 Å². The first-order valence-electron chi connectivity index (χ1n) is 9.59. The van der Waals surface area contributed by atoms with Crippen LogP contribution in [0.2, 0.25) is 0 Å². The number of hydrogen-bond acceptors (Lipinski definition) is 2. The van der Waals surface area contributed by atoms with Gasteiger partial charge in [0.15, 0.2) is 5.11 Å². The molecule has 3 heterocycles. The summed E-state index contributed by atoms with van der Waals surface area (Å²) < 4.78 is 2.36. The van der Waals surface area contributed by atoms with Crippen LogP contribution in [0.15, 0.2) is 48.7 Å². The van der Waals surface area contributed by atoms with Gasteiger partial charge < -0.3 is 14.8 Å². The van der Waals surface area contributed by atoms with E-state index in [1.807, 2.05) is 18.3 Å². The third-order valence-corrected chi connectivity index (χ3v) is 6.14. The molecule has 5 heteroatoms. The number of nitrogens with one attached hydrogen (secondary N) is 1. The molecule has 1 aromatic carbocycles. The van der Waals surface area contributed by atoms with Gasteiger partial charge in [-0.05, 0) is 80.9 Å². The third-order valence-electron chi connectivity index (χ3n) is 5.73. The number of pyridine rings is 1. The minimum Gasteiger partial charge on any atom is -0.352 e. The number of nitrogens with zero attached hydrogens (tertiary/aromatic N) is 3. The number of aryl methyl sites for hydroxylation is 3. The van der Waals surface area contributed by atoms with Crippen LogP contribution in [-0.2, 0) is 0 Å². The lowest BCUT2D eigenvalue weighted by atomic mass is 9.97. The summed E-state index contributed by atoms with van der Waals surface area (Å²) in [6, 6.07) is 15.1. The minimum atomic E-state index is 0.0336. The number of thiocarbonyl (C=S) groups is 1. The molecule has 0 spiro atoms. The Hall–Kier alpha value is -2.66. The average molecular weight is 391 g/mol. The van der Waals surface area contributed by atoms with E-state index in [1.165, 1.54) is 33.8 Å². The second kappa shape index (κ2) is 7.06. The minimum absolute atomic E-state index is 0.0336. The molecule has 3 aromatic rings. The Balaban J connectivity index is 1.85. The van der Waals surface area contributed by atoms with E-state index in [2.05, 4.69) is 84.8 Å². The average Bonchev–Trinajstić information content (AvgIpc) is 3.13. The van der Waals surface area contributed by atoms with E-state index < -0.39 is 0 Å². The van der Waals surface area contributed by atoms with E-state index in [9.17, 15) is 0 Å². The van der Waals surface area contributed by atoms with Gasteiger partial charge in [0.1, 0.15) is 0 Å². The maximum Gasteiger partial charge on any atom is 0.169 e. The van der Waals surface area contributed by atoms with Crippen LogP contribution in [0, 0.1) is 27.7 Å². The molecular formula is C23H26N4S. The molecule has 1 aliphatic rings. The zero-order valence-electron chi connectivity index (χ0n) is 17.0. The highest BCUT2D eigenvalue weighted by molar-refractivity contribution is 7.80. The molecule has 0 aliphatic carbocycles. The summed E-state index contributed by atoms with van der Waals surface area (Å²) >= 11 is 5.59. The quantitative estimate of drug-likeness (QED) is 0.657. The van der Waals surface area contributed by atoms with E-state index in [0.29, 0.717) is 0 Å². The monoisotopic (exact) mass is 390 g/mol. The van der Waals surface area contributed by atoms with E-state index in [1.54, 1.807) is 0 Å². The predicted molar refractivity (Wildman–Crippen MR) is 118 cm³/mol. The molecule has 0 bridgehead atoms. The van der Waals surface area contributed by atoms with Crippen LogP contribution in [0.1, 0.15) is 45.9 Å². The number of benzene rings is 1. The van der Waals surface area contributed by atoms with Gasteiger partial charge in [0.2, 0.25) is 0 Å². The van der Waals surface area contributed by atoms with Crippen molar-refractivity contribution in [3.8, 4) is 5.69 Å². The first kappa shape index (κ1) is 18.7. The largest absolute Gasteiger partial charge is 0.352 e. The molecule has 0 saturated carbocycles. The van der Waals surface area contributed by atoms with Gasteiger partial charge in [-0.3, -0.25) is 4.98 Å². The van der Waals surface area contributed by atoms with Crippen LogP contribution in [-0.4, -0.2) is 26.6 Å². The smallest absolute Gasteiger partial charge is 0.169 e. The van der Waals surface area contributed by atoms with Gasteiger partial charge in [-0.15, -0.1) is 0 Å². The lowest BCUT2D eigenvalue weighted by Gasteiger charge is -2.24. The highest BCUT2D eigenvalue weighted by Gasteiger charge is 2.39. The van der Waals surface area contributed by atoms with Crippen molar-refractivity contribution < 1.29 is 0 Å². The van der Waals surface area contributed by atoms with Crippen LogP contribution in [0.5, 0.6) is 0 Å². The molecule has 4 nitrogen and oxygen atoms in total. The van der Waals surface area contributed by atoms with Crippen molar-refractivity contribution in [3.63, 3.8) is 0 Å². The summed E-state index contributed by atoms with van der Waals surface area (Å²) in [4.78, 5) is 6.75. The highest BCUT2D eigenvalue weighted by atomic mass is 32.1. The van der Waals surface area contributed by atoms with Crippen LogP contribution < -0.4 is 5.32 Å². The fraction of sp³-hybridized carbons (Fsp3) is 0.304. The van der Waals surface area contributed by atoms with Gasteiger partial charge in [0.05, 0.1) is 17.8 Å². The summed E-state index contributed by atoms with van der Waals surface area (Å²) in [7, 11) is 2.06. The van der Waals surface area contributed by atoms with Gasteiger partial charge >= 0.3 is 0 Å². The Bertz CT molecular complexity index is 1040. The Labute approximate surface area is 172 Å². The van der Waals surface area contributed by atoms with E-state index in [-0.39, 0.29) is 12.1 Å². The zero-order chi connectivity index (χ0) is 20.0. The van der Waals surface area contributed by atoms with Crippen LogP contribution in [0.25, 0.3) is 5.69 Å². The van der Waals surface area contributed by atoms with Crippen molar-refractivity contribution in [2.75, 3.05) is 7.05 Å². The normalized spacial score (nSPS) is 19.2. The van der Waals surface area contributed by atoms with Crippen molar-refractivity contribution in [1.82, 2.24) is 19.8 Å². The number of aromatic nitrogens is 2. The van der Waals surface area contributed by atoms with Crippen molar-refractivity contribution in [3.05, 3.63) is 82.4 Å². The van der Waals surface area contributed by atoms with Crippen LogP contribution >= 0.6 is 12.2 Å². The fourth-order valence-corrected chi connectivity index (χ4v) is 4.51. The molecule has 1 fully saturated rings. The lowest BCUT2D eigenvalue weighted by molar-refractivity contribution is 0.367. The van der Waals surface area contributed by atoms with Crippen molar-refractivity contribution in [1.29, 1.82) is 0 Å². The van der Waals surface area contributed by atoms with Crippen LogP contribution in [0.3, 0.4) is 0 Å². The van der Waals surface area contributed by atoms with Gasteiger partial charge in [0, 0.05) is 30.3 Å². The molecule has 1 saturated heterocycles. The summed E-state index contributed by atoms with van der Waals surface area (Å²) in [5, 5.41) is 4.23. The molecule has 2 atom stereocenters. The molecule has 1 N–H and O–H groups in total. The standard InChI is InChI=1S/C23H26N4S/c1-14-9-10-15(2)20(12-14)27-16(3)13-18(17(27)4)22-21(25-23(28)26(22)5)19-8-6-7-11-24-19/h6-13,21-22H,1-5H3,(H,25,28)/t21-,22-/m0/s1. The molecule has 0 radical (unpaired) electrons. The summed E-state index contributed by atoms with van der Waals surface area (Å²) in [5.74, 6) is 0. The summed E-state index contributed by atoms with van der Waals surface area (Å²) in [6.07, 6.45) is 1.84. The van der Waals surface area contributed by atoms with Crippen molar-refractivity contribution in [2.45, 2.75) is 39.8 Å². The highest BCUT2D eigenvalue weighted by Crippen LogP contribution is 2.40. The lowest BCUT2D eigenvalue weighted by Crippen LogP contribution is -2.25. The molecule has 28 heavy (non-hydrogen) atoms. The number of rotatable bonds is 3. The Morgan fingerprint density at radius 2 is 1.82 bits per heavy atom. The molecule has 144 valence electrons. The van der Waals surface area contributed by atoms with Gasteiger partial charge in [-0.1, -0.05) is 18.2 Å². The van der Waals surface area contributed by atoms with Crippen molar-refractivity contribution in [2.24, 2.45) is 0 Å². The topological polar surface area (TPSA) is 33.1 Å². The summed E-state index contributed by atoms with van der Waals surface area (Å²) in [5.41, 5.74) is 8.55. The molecule has 2 aromatic heterocycles. The molecule has 0 amide bonds. The third kappa shape index (κ3) is 3.00. The van der Waals surface area contributed by atoms with E-state index in [4.69, 9.17) is 12.2 Å². The van der Waals surface area contributed by atoms with Gasteiger partial charge in [-0.25, -0.2) is 0 Å². The summed E-state index contributed by atoms with van der Waals surface area (Å²) in [6.45, 7) is 8.69. The van der Waals surface area contributed by atoms with E-state index in [0.717, 1.165) is 10.8 Å². The number of hydrogen-bond donors (Lipinski definition) is 1. The Morgan fingerprint density at radius 3 is 2.54 bits per heavy atom. The second-order valence-corrected chi connectivity index (χ2v) is 8.08. The maximum atomic E-state index is 5.59. The zero-order valence-corrected chi connectivity index (χ0v) is 17.8. The number of likely N-dealkylation sites (N-methyl/N-ethyl adjacent to an activating group) is 1.